The first-order valence-electron chi connectivity index (χ1n) is 8.49. The minimum Gasteiger partial charge on any atom is -0.463 e. The van der Waals surface area contributed by atoms with Gasteiger partial charge in [0.15, 0.2) is 0 Å². The first kappa shape index (κ1) is 18.7. The second-order valence-corrected chi connectivity index (χ2v) is 6.44. The normalized spacial score (nSPS) is 19.2. The summed E-state index contributed by atoms with van der Waals surface area (Å²) in [6.07, 6.45) is 0. The van der Waals surface area contributed by atoms with Crippen molar-refractivity contribution in [2.24, 2.45) is 5.92 Å². The van der Waals surface area contributed by atoms with Crippen molar-refractivity contribution in [3.63, 3.8) is 0 Å². The molecular weight excluding hydrogens is 364 g/mol. The summed E-state index contributed by atoms with van der Waals surface area (Å²) >= 11 is 5.97. The van der Waals surface area contributed by atoms with E-state index in [4.69, 9.17) is 16.3 Å². The van der Waals surface area contributed by atoms with E-state index in [9.17, 15) is 14.9 Å². The van der Waals surface area contributed by atoms with Crippen molar-refractivity contribution in [2.75, 3.05) is 6.61 Å². The van der Waals surface area contributed by atoms with Crippen molar-refractivity contribution in [3.8, 4) is 6.07 Å². The van der Waals surface area contributed by atoms with E-state index < -0.39 is 23.7 Å². The van der Waals surface area contributed by atoms with Crippen LogP contribution in [0.2, 0.25) is 5.02 Å². The van der Waals surface area contributed by atoms with Gasteiger partial charge in [0.25, 0.3) is 0 Å². The molecule has 0 bridgehead atoms. The summed E-state index contributed by atoms with van der Waals surface area (Å²) in [6.45, 7) is 1.89. The minimum absolute atomic E-state index is 0.183. The van der Waals surface area contributed by atoms with E-state index in [-0.39, 0.29) is 12.2 Å². The number of benzene rings is 2. The van der Waals surface area contributed by atoms with Crippen LogP contribution in [-0.4, -0.2) is 18.5 Å². The fraction of sp³-hybridized carbons (Fsp3) is 0.190. The Morgan fingerprint density at radius 3 is 2.44 bits per heavy atom. The maximum absolute atomic E-state index is 12.8. The predicted molar refractivity (Wildman–Crippen MR) is 101 cm³/mol. The molecule has 0 aromatic heterocycles. The molecule has 2 aromatic rings. The molecule has 2 unspecified atom stereocenters. The van der Waals surface area contributed by atoms with Gasteiger partial charge in [-0.2, -0.15) is 5.26 Å². The summed E-state index contributed by atoms with van der Waals surface area (Å²) in [5.41, 5.74) is 1.95. The molecule has 2 aromatic carbocycles. The lowest BCUT2D eigenvalue weighted by Crippen LogP contribution is -2.41. The topological polar surface area (TPSA) is 79.2 Å². The van der Waals surface area contributed by atoms with Gasteiger partial charge in [0.05, 0.1) is 23.9 Å². The minimum atomic E-state index is -1.06. The number of hydrogen-bond acceptors (Lipinski definition) is 4. The van der Waals surface area contributed by atoms with Crippen LogP contribution in [0.15, 0.2) is 60.2 Å². The summed E-state index contributed by atoms with van der Waals surface area (Å²) in [5, 5.41) is 12.9. The number of amides is 1. The third-order valence-corrected chi connectivity index (χ3v) is 4.62. The van der Waals surface area contributed by atoms with Crippen LogP contribution in [-0.2, 0) is 14.3 Å². The molecule has 2 atom stereocenters. The maximum atomic E-state index is 12.8. The summed E-state index contributed by atoms with van der Waals surface area (Å²) in [4.78, 5) is 25.5. The first-order valence-corrected chi connectivity index (χ1v) is 8.87. The third-order valence-electron chi connectivity index (χ3n) is 4.37. The van der Waals surface area contributed by atoms with Crippen LogP contribution >= 0.6 is 11.6 Å². The Morgan fingerprint density at radius 2 is 1.85 bits per heavy atom. The average molecular weight is 381 g/mol. The smallest absolute Gasteiger partial charge is 0.336 e. The number of nitrogens with zero attached hydrogens (tertiary/aromatic N) is 1. The zero-order chi connectivity index (χ0) is 19.4. The maximum Gasteiger partial charge on any atom is 0.336 e. The van der Waals surface area contributed by atoms with Crippen molar-refractivity contribution < 1.29 is 14.3 Å². The van der Waals surface area contributed by atoms with Crippen molar-refractivity contribution in [1.29, 1.82) is 5.26 Å². The molecule has 1 N–H and O–H groups in total. The van der Waals surface area contributed by atoms with Gasteiger partial charge in [0.1, 0.15) is 5.92 Å². The van der Waals surface area contributed by atoms with Gasteiger partial charge in [-0.25, -0.2) is 4.79 Å². The predicted octanol–water partition coefficient (Wildman–Crippen LogP) is 3.67. The molecule has 0 saturated heterocycles. The molecule has 0 radical (unpaired) electrons. The van der Waals surface area contributed by atoms with Gasteiger partial charge in [0, 0.05) is 10.9 Å². The number of rotatable bonds is 4. The van der Waals surface area contributed by atoms with E-state index in [2.05, 4.69) is 5.32 Å². The van der Waals surface area contributed by atoms with Crippen LogP contribution in [0.5, 0.6) is 0 Å². The summed E-state index contributed by atoms with van der Waals surface area (Å²) in [5.74, 6) is -2.82. The number of halogens is 1. The highest BCUT2D eigenvalue weighted by Crippen LogP contribution is 2.40. The number of nitriles is 1. The molecule has 136 valence electrons. The van der Waals surface area contributed by atoms with E-state index in [0.717, 1.165) is 0 Å². The lowest BCUT2D eigenvalue weighted by atomic mass is 9.76. The van der Waals surface area contributed by atoms with E-state index in [1.54, 1.807) is 43.3 Å². The van der Waals surface area contributed by atoms with Gasteiger partial charge in [-0.3, -0.25) is 4.79 Å². The highest BCUT2D eigenvalue weighted by atomic mass is 35.5. The Kier molecular flexibility index (Phi) is 5.58. The van der Waals surface area contributed by atoms with Gasteiger partial charge in [-0.1, -0.05) is 54.1 Å². The van der Waals surface area contributed by atoms with Gasteiger partial charge in [-0.15, -0.1) is 0 Å². The zero-order valence-electron chi connectivity index (χ0n) is 14.6. The molecule has 3 rings (SSSR count). The Bertz CT molecular complexity index is 930. The highest BCUT2D eigenvalue weighted by molar-refractivity contribution is 6.30. The molecule has 1 amide bonds. The van der Waals surface area contributed by atoms with E-state index >= 15 is 0 Å². The van der Waals surface area contributed by atoms with E-state index in [1.807, 2.05) is 24.3 Å². The quantitative estimate of drug-likeness (QED) is 0.821. The lowest BCUT2D eigenvalue weighted by Gasteiger charge is -2.31. The van der Waals surface area contributed by atoms with Crippen LogP contribution in [0.3, 0.4) is 0 Å². The monoisotopic (exact) mass is 380 g/mol. The molecule has 0 aliphatic carbocycles. The molecule has 1 aliphatic rings. The SMILES string of the molecule is CCOC(=O)C1=C(c2ccccc2)NC(=O)C(C#N)C1c1ccc(Cl)cc1. The number of hydrogen-bond donors (Lipinski definition) is 1. The molecule has 0 fully saturated rings. The summed E-state index contributed by atoms with van der Waals surface area (Å²) < 4.78 is 5.25. The summed E-state index contributed by atoms with van der Waals surface area (Å²) in [6, 6.07) is 17.9. The Labute approximate surface area is 162 Å². The van der Waals surface area contributed by atoms with Crippen molar-refractivity contribution >= 4 is 29.2 Å². The van der Waals surface area contributed by atoms with Crippen molar-refractivity contribution in [1.82, 2.24) is 5.32 Å². The molecule has 0 spiro atoms. The standard InChI is InChI=1S/C21H17ClN2O3/c1-2-27-21(26)18-17(13-8-10-15(22)11-9-13)16(12-23)20(25)24-19(18)14-6-4-3-5-7-14/h3-11,16-17H,2H2,1H3,(H,24,25). The fourth-order valence-electron chi connectivity index (χ4n) is 3.17. The largest absolute Gasteiger partial charge is 0.463 e. The third kappa shape index (κ3) is 3.71. The van der Waals surface area contributed by atoms with Crippen LogP contribution in [0.25, 0.3) is 5.70 Å². The summed E-state index contributed by atoms with van der Waals surface area (Å²) in [7, 11) is 0. The number of ether oxygens (including phenoxy) is 1. The lowest BCUT2D eigenvalue weighted by molar-refractivity contribution is -0.139. The Balaban J connectivity index is 2.26. The van der Waals surface area contributed by atoms with Crippen molar-refractivity contribution in [2.45, 2.75) is 12.8 Å². The second-order valence-electron chi connectivity index (χ2n) is 6.00. The van der Waals surface area contributed by atoms with Gasteiger partial charge >= 0.3 is 5.97 Å². The van der Waals surface area contributed by atoms with Crippen LogP contribution in [0.4, 0.5) is 0 Å². The first-order chi connectivity index (χ1) is 13.1. The van der Waals surface area contributed by atoms with Gasteiger partial charge in [-0.05, 0) is 30.2 Å². The second kappa shape index (κ2) is 8.07. The Hall–Kier alpha value is -3.10. The molecule has 1 heterocycles. The van der Waals surface area contributed by atoms with Gasteiger partial charge in [0.2, 0.25) is 5.91 Å². The molecule has 6 heteroatoms. The zero-order valence-corrected chi connectivity index (χ0v) is 15.4. The number of nitrogens with one attached hydrogen (secondary N) is 1. The molecule has 0 saturated carbocycles. The molecule has 27 heavy (non-hydrogen) atoms. The van der Waals surface area contributed by atoms with E-state index in [1.165, 1.54) is 0 Å². The molecular formula is C21H17ClN2O3. The fourth-order valence-corrected chi connectivity index (χ4v) is 3.30. The number of esters is 1. The van der Waals surface area contributed by atoms with Crippen molar-refractivity contribution in [3.05, 3.63) is 76.3 Å². The molecule has 1 aliphatic heterocycles. The molecule has 5 nitrogen and oxygen atoms in total. The average Bonchev–Trinajstić information content (AvgIpc) is 2.68. The van der Waals surface area contributed by atoms with Crippen LogP contribution < -0.4 is 5.32 Å². The number of carbonyl (C=O) groups excluding carboxylic acids is 2. The van der Waals surface area contributed by atoms with E-state index in [0.29, 0.717) is 21.8 Å². The Morgan fingerprint density at radius 1 is 1.19 bits per heavy atom. The van der Waals surface area contributed by atoms with Crippen LogP contribution in [0.1, 0.15) is 24.0 Å². The van der Waals surface area contributed by atoms with Gasteiger partial charge < -0.3 is 10.1 Å². The number of carbonyl (C=O) groups is 2. The highest BCUT2D eigenvalue weighted by Gasteiger charge is 2.42. The van der Waals surface area contributed by atoms with Crippen LogP contribution in [0, 0.1) is 17.2 Å².